The number of ether oxygens (including phenoxy) is 1. The summed E-state index contributed by atoms with van der Waals surface area (Å²) in [6.45, 7) is 3.38. The highest BCUT2D eigenvalue weighted by Gasteiger charge is 2.00. The summed E-state index contributed by atoms with van der Waals surface area (Å²) in [6, 6.07) is -0.133. The first-order chi connectivity index (χ1) is 7.70. The van der Waals surface area contributed by atoms with Gasteiger partial charge < -0.3 is 15.4 Å². The van der Waals surface area contributed by atoms with E-state index in [0.29, 0.717) is 19.5 Å². The lowest BCUT2D eigenvalue weighted by atomic mass is 10.2. The van der Waals surface area contributed by atoms with Crippen LogP contribution in [0.5, 0.6) is 0 Å². The first-order valence-electron chi connectivity index (χ1n) is 5.79. The van der Waals surface area contributed by atoms with Crippen molar-refractivity contribution < 1.29 is 14.3 Å². The Kier molecular flexibility index (Phi) is 9.46. The highest BCUT2D eigenvalue weighted by Crippen LogP contribution is 1.95. The number of hydrogen-bond acceptors (Lipinski definition) is 3. The van der Waals surface area contributed by atoms with Gasteiger partial charge in [0.05, 0.1) is 7.11 Å². The average molecular weight is 230 g/mol. The lowest BCUT2D eigenvalue weighted by Crippen LogP contribution is -2.36. The van der Waals surface area contributed by atoms with E-state index in [0.717, 1.165) is 25.7 Å². The number of unbranched alkanes of at least 4 members (excludes halogenated alkanes) is 2. The van der Waals surface area contributed by atoms with Crippen molar-refractivity contribution in [2.75, 3.05) is 20.2 Å². The fraction of sp³-hybridized carbons (Fsp3) is 0.818. The first-order valence-corrected chi connectivity index (χ1v) is 5.79. The average Bonchev–Trinajstić information content (AvgIpc) is 2.28. The predicted molar refractivity (Wildman–Crippen MR) is 62.2 cm³/mol. The van der Waals surface area contributed by atoms with Crippen LogP contribution in [0.25, 0.3) is 0 Å². The molecule has 0 aliphatic rings. The molecule has 5 nitrogen and oxygen atoms in total. The maximum Gasteiger partial charge on any atom is 0.314 e. The second-order valence-corrected chi connectivity index (χ2v) is 3.57. The number of carbonyl (C=O) groups is 2. The van der Waals surface area contributed by atoms with E-state index in [2.05, 4.69) is 22.3 Å². The molecule has 0 radical (unpaired) electrons. The Morgan fingerprint density at radius 3 is 2.25 bits per heavy atom. The van der Waals surface area contributed by atoms with Crippen molar-refractivity contribution in [1.29, 1.82) is 0 Å². The number of nitrogens with one attached hydrogen (secondary N) is 2. The van der Waals surface area contributed by atoms with Crippen LogP contribution in [-0.4, -0.2) is 32.2 Å². The zero-order valence-corrected chi connectivity index (χ0v) is 10.2. The minimum Gasteiger partial charge on any atom is -0.469 e. The van der Waals surface area contributed by atoms with Gasteiger partial charge in [0.1, 0.15) is 0 Å². The van der Waals surface area contributed by atoms with E-state index in [1.54, 1.807) is 0 Å². The standard InChI is InChI=1S/C11H22N2O3/c1-3-4-8-12-11(15)13-9-6-5-7-10(14)16-2/h3-9H2,1-2H3,(H2,12,13,15). The van der Waals surface area contributed by atoms with Gasteiger partial charge in [-0.3, -0.25) is 4.79 Å². The Bertz CT molecular complexity index is 207. The number of hydrogen-bond donors (Lipinski definition) is 2. The largest absolute Gasteiger partial charge is 0.469 e. The molecule has 0 aliphatic heterocycles. The molecule has 0 atom stereocenters. The Balaban J connectivity index is 3.24. The Hall–Kier alpha value is -1.26. The summed E-state index contributed by atoms with van der Waals surface area (Å²) in [5.74, 6) is -0.201. The molecule has 0 aromatic rings. The smallest absolute Gasteiger partial charge is 0.314 e. The molecule has 0 aliphatic carbocycles. The third kappa shape index (κ3) is 9.30. The number of rotatable bonds is 8. The number of esters is 1. The van der Waals surface area contributed by atoms with Crippen molar-refractivity contribution in [2.45, 2.75) is 39.0 Å². The summed E-state index contributed by atoms with van der Waals surface area (Å²) >= 11 is 0. The number of carbonyl (C=O) groups excluding carboxylic acids is 2. The van der Waals surface area contributed by atoms with Crippen molar-refractivity contribution in [3.05, 3.63) is 0 Å². The second-order valence-electron chi connectivity index (χ2n) is 3.57. The molecule has 0 saturated heterocycles. The number of amides is 2. The summed E-state index contributed by atoms with van der Waals surface area (Å²) in [5.41, 5.74) is 0. The summed E-state index contributed by atoms with van der Waals surface area (Å²) in [6.07, 6.45) is 4.00. The van der Waals surface area contributed by atoms with Crippen LogP contribution in [0.15, 0.2) is 0 Å². The van der Waals surface area contributed by atoms with Crippen molar-refractivity contribution in [1.82, 2.24) is 10.6 Å². The molecule has 94 valence electrons. The van der Waals surface area contributed by atoms with Crippen LogP contribution in [0.3, 0.4) is 0 Å². The highest BCUT2D eigenvalue weighted by atomic mass is 16.5. The SMILES string of the molecule is CCCCNC(=O)NCCCCC(=O)OC. The van der Waals surface area contributed by atoms with Crippen LogP contribution in [0.1, 0.15) is 39.0 Å². The van der Waals surface area contributed by atoms with E-state index >= 15 is 0 Å². The highest BCUT2D eigenvalue weighted by molar-refractivity contribution is 5.73. The minimum absolute atomic E-state index is 0.133. The molecule has 0 aromatic heterocycles. The van der Waals surface area contributed by atoms with Crippen LogP contribution in [0.4, 0.5) is 4.79 Å². The molecule has 0 bridgehead atoms. The molecule has 2 amide bonds. The summed E-state index contributed by atoms with van der Waals surface area (Å²) in [4.78, 5) is 21.9. The van der Waals surface area contributed by atoms with E-state index < -0.39 is 0 Å². The zero-order chi connectivity index (χ0) is 12.2. The first kappa shape index (κ1) is 14.7. The van der Waals surface area contributed by atoms with Crippen LogP contribution >= 0.6 is 0 Å². The van der Waals surface area contributed by atoms with E-state index in [4.69, 9.17) is 0 Å². The summed E-state index contributed by atoms with van der Waals surface area (Å²) in [7, 11) is 1.38. The van der Waals surface area contributed by atoms with Crippen molar-refractivity contribution in [2.24, 2.45) is 0 Å². The molecule has 0 fully saturated rings. The molecule has 0 unspecified atom stereocenters. The third-order valence-electron chi connectivity index (χ3n) is 2.14. The maximum atomic E-state index is 11.2. The number of urea groups is 1. The van der Waals surface area contributed by atoms with Crippen LogP contribution < -0.4 is 10.6 Å². The lowest BCUT2D eigenvalue weighted by molar-refractivity contribution is -0.140. The van der Waals surface area contributed by atoms with Gasteiger partial charge in [-0.25, -0.2) is 4.79 Å². The molecule has 0 spiro atoms. The van der Waals surface area contributed by atoms with Gasteiger partial charge in [-0.2, -0.15) is 0 Å². The van der Waals surface area contributed by atoms with E-state index in [-0.39, 0.29) is 12.0 Å². The maximum absolute atomic E-state index is 11.2. The van der Waals surface area contributed by atoms with Gasteiger partial charge in [0.15, 0.2) is 0 Å². The van der Waals surface area contributed by atoms with Gasteiger partial charge in [-0.05, 0) is 19.3 Å². The van der Waals surface area contributed by atoms with Gasteiger partial charge in [-0.1, -0.05) is 13.3 Å². The van der Waals surface area contributed by atoms with E-state index in [9.17, 15) is 9.59 Å². The van der Waals surface area contributed by atoms with Gasteiger partial charge in [-0.15, -0.1) is 0 Å². The lowest BCUT2D eigenvalue weighted by Gasteiger charge is -2.06. The molecular formula is C11H22N2O3. The second kappa shape index (κ2) is 10.3. The molecule has 0 aromatic carbocycles. The fourth-order valence-electron chi connectivity index (χ4n) is 1.14. The van der Waals surface area contributed by atoms with Crippen LogP contribution in [0, 0.1) is 0 Å². The Labute approximate surface area is 96.9 Å². The molecule has 16 heavy (non-hydrogen) atoms. The van der Waals surface area contributed by atoms with Crippen LogP contribution in [-0.2, 0) is 9.53 Å². The Morgan fingerprint density at radius 1 is 1.06 bits per heavy atom. The van der Waals surface area contributed by atoms with Crippen molar-refractivity contribution in [3.63, 3.8) is 0 Å². The van der Waals surface area contributed by atoms with E-state index in [1.165, 1.54) is 7.11 Å². The quantitative estimate of drug-likeness (QED) is 0.489. The summed E-state index contributed by atoms with van der Waals surface area (Å²) < 4.78 is 4.50. The molecule has 0 heterocycles. The topological polar surface area (TPSA) is 67.4 Å². The monoisotopic (exact) mass is 230 g/mol. The summed E-state index contributed by atoms with van der Waals surface area (Å²) in [5, 5.41) is 5.48. The van der Waals surface area contributed by atoms with Crippen molar-refractivity contribution in [3.8, 4) is 0 Å². The molecule has 0 rings (SSSR count). The van der Waals surface area contributed by atoms with Crippen LogP contribution in [0.2, 0.25) is 0 Å². The zero-order valence-electron chi connectivity index (χ0n) is 10.2. The minimum atomic E-state index is -0.201. The molecule has 5 heteroatoms. The predicted octanol–water partition coefficient (Wildman–Crippen LogP) is 1.43. The third-order valence-corrected chi connectivity index (χ3v) is 2.14. The molecule has 2 N–H and O–H groups in total. The normalized spacial score (nSPS) is 9.62. The van der Waals surface area contributed by atoms with Gasteiger partial charge >= 0.3 is 12.0 Å². The molecular weight excluding hydrogens is 208 g/mol. The van der Waals surface area contributed by atoms with Gasteiger partial charge in [0.25, 0.3) is 0 Å². The van der Waals surface area contributed by atoms with Gasteiger partial charge in [0, 0.05) is 19.5 Å². The van der Waals surface area contributed by atoms with E-state index in [1.807, 2.05) is 0 Å². The van der Waals surface area contributed by atoms with Gasteiger partial charge in [0.2, 0.25) is 0 Å². The van der Waals surface area contributed by atoms with Crippen molar-refractivity contribution >= 4 is 12.0 Å². The molecule has 0 saturated carbocycles. The number of methoxy groups -OCH3 is 1. The fourth-order valence-corrected chi connectivity index (χ4v) is 1.14. The Morgan fingerprint density at radius 2 is 1.69 bits per heavy atom.